The number of nitrogens with one attached hydrogen (secondary N) is 1. The Morgan fingerprint density at radius 2 is 1.79 bits per heavy atom. The van der Waals surface area contributed by atoms with E-state index in [1.165, 1.54) is 44.2 Å². The normalized spacial score (nSPS) is 20.2. The summed E-state index contributed by atoms with van der Waals surface area (Å²) in [5.74, 6) is -0.0552. The van der Waals surface area contributed by atoms with Crippen LogP contribution in [0.5, 0.6) is 0 Å². The van der Waals surface area contributed by atoms with E-state index in [0.29, 0.717) is 17.5 Å². The summed E-state index contributed by atoms with van der Waals surface area (Å²) in [6, 6.07) is 3.84. The summed E-state index contributed by atoms with van der Waals surface area (Å²) in [4.78, 5) is 0. The van der Waals surface area contributed by atoms with Crippen LogP contribution in [-0.2, 0) is 0 Å². The van der Waals surface area contributed by atoms with Crippen LogP contribution in [0.4, 0.5) is 8.78 Å². The van der Waals surface area contributed by atoms with Crippen LogP contribution in [0.15, 0.2) is 18.2 Å². The average Bonchev–Trinajstić information content (AvgIpc) is 2.42. The fourth-order valence-corrected chi connectivity index (χ4v) is 3.10. The highest BCUT2D eigenvalue weighted by atomic mass is 19.1. The van der Waals surface area contributed by atoms with Gasteiger partial charge in [-0.2, -0.15) is 0 Å². The van der Waals surface area contributed by atoms with Crippen LogP contribution in [0.25, 0.3) is 0 Å². The second kappa shape index (κ2) is 6.47. The van der Waals surface area contributed by atoms with E-state index in [1.54, 1.807) is 0 Å². The van der Waals surface area contributed by atoms with Gasteiger partial charge in [0, 0.05) is 17.6 Å². The standard InChI is InChI=1S/C16H23F2N/c1-11(13-6-4-3-5-7-13)19-12(2)15-10-14(17)8-9-16(15)18/h8-13,19H,3-7H2,1-2H3/t11-,12?/m1/s1. The largest absolute Gasteiger partial charge is 0.307 e. The molecule has 0 amide bonds. The third-order valence-corrected chi connectivity index (χ3v) is 4.29. The lowest BCUT2D eigenvalue weighted by Crippen LogP contribution is -2.36. The van der Waals surface area contributed by atoms with Crippen LogP contribution in [0.3, 0.4) is 0 Å². The molecule has 0 bridgehead atoms. The Bertz CT molecular complexity index is 413. The molecule has 0 radical (unpaired) electrons. The molecule has 0 heterocycles. The molecule has 0 spiro atoms. The molecule has 2 atom stereocenters. The first-order chi connectivity index (χ1) is 9.08. The van der Waals surface area contributed by atoms with Crippen molar-refractivity contribution in [2.24, 2.45) is 5.92 Å². The molecule has 0 saturated heterocycles. The topological polar surface area (TPSA) is 12.0 Å². The van der Waals surface area contributed by atoms with Gasteiger partial charge in [-0.15, -0.1) is 0 Å². The predicted molar refractivity (Wildman–Crippen MR) is 73.9 cm³/mol. The molecule has 1 nitrogen and oxygen atoms in total. The number of hydrogen-bond acceptors (Lipinski definition) is 1. The number of rotatable bonds is 4. The zero-order valence-corrected chi connectivity index (χ0v) is 11.8. The van der Waals surface area contributed by atoms with Crippen LogP contribution >= 0.6 is 0 Å². The molecule has 0 aliphatic heterocycles. The van der Waals surface area contributed by atoms with E-state index in [9.17, 15) is 8.78 Å². The lowest BCUT2D eigenvalue weighted by molar-refractivity contribution is 0.267. The molecule has 1 fully saturated rings. The highest BCUT2D eigenvalue weighted by Crippen LogP contribution is 2.28. The van der Waals surface area contributed by atoms with Gasteiger partial charge < -0.3 is 5.32 Å². The van der Waals surface area contributed by atoms with Crippen LogP contribution in [0.1, 0.15) is 57.6 Å². The Morgan fingerprint density at radius 3 is 2.47 bits per heavy atom. The van der Waals surface area contributed by atoms with Gasteiger partial charge in [0.1, 0.15) is 11.6 Å². The van der Waals surface area contributed by atoms with Crippen LogP contribution in [0.2, 0.25) is 0 Å². The number of benzene rings is 1. The minimum Gasteiger partial charge on any atom is -0.307 e. The highest BCUT2D eigenvalue weighted by molar-refractivity contribution is 5.21. The Balaban J connectivity index is 1.99. The van der Waals surface area contributed by atoms with E-state index >= 15 is 0 Å². The molecular formula is C16H23F2N. The summed E-state index contributed by atoms with van der Waals surface area (Å²) in [5.41, 5.74) is 0.419. The molecule has 106 valence electrons. The van der Waals surface area contributed by atoms with Crippen molar-refractivity contribution in [2.45, 2.75) is 58.0 Å². The number of hydrogen-bond donors (Lipinski definition) is 1. The van der Waals surface area contributed by atoms with Crippen molar-refractivity contribution in [3.63, 3.8) is 0 Å². The van der Waals surface area contributed by atoms with Crippen molar-refractivity contribution in [3.8, 4) is 0 Å². The fourth-order valence-electron chi connectivity index (χ4n) is 3.10. The fraction of sp³-hybridized carbons (Fsp3) is 0.625. The smallest absolute Gasteiger partial charge is 0.128 e. The van der Waals surface area contributed by atoms with E-state index < -0.39 is 0 Å². The van der Waals surface area contributed by atoms with Gasteiger partial charge in [-0.3, -0.25) is 0 Å². The monoisotopic (exact) mass is 267 g/mol. The first kappa shape index (κ1) is 14.4. The maximum Gasteiger partial charge on any atom is 0.128 e. The number of halogens is 2. The van der Waals surface area contributed by atoms with Crippen LogP contribution in [0, 0.1) is 17.6 Å². The molecular weight excluding hydrogens is 244 g/mol. The van der Waals surface area contributed by atoms with Crippen LogP contribution in [-0.4, -0.2) is 6.04 Å². The first-order valence-electron chi connectivity index (χ1n) is 7.29. The molecule has 1 aromatic rings. The zero-order chi connectivity index (χ0) is 13.8. The minimum atomic E-state index is -0.379. The summed E-state index contributed by atoms with van der Waals surface area (Å²) in [5, 5.41) is 3.43. The van der Waals surface area contributed by atoms with E-state index in [4.69, 9.17) is 0 Å². The molecule has 2 rings (SSSR count). The lowest BCUT2D eigenvalue weighted by atomic mass is 9.84. The van der Waals surface area contributed by atoms with Crippen molar-refractivity contribution in [1.82, 2.24) is 5.32 Å². The molecule has 0 aromatic heterocycles. The second-order valence-electron chi connectivity index (χ2n) is 5.74. The summed E-state index contributed by atoms with van der Waals surface area (Å²) >= 11 is 0. The summed E-state index contributed by atoms with van der Waals surface area (Å²) < 4.78 is 26.9. The van der Waals surface area contributed by atoms with Gasteiger partial charge in [0.15, 0.2) is 0 Å². The van der Waals surface area contributed by atoms with Gasteiger partial charge in [-0.25, -0.2) is 8.78 Å². The van der Waals surface area contributed by atoms with E-state index in [2.05, 4.69) is 12.2 Å². The predicted octanol–water partition coefficient (Wildman–Crippen LogP) is 4.58. The molecule has 1 unspecified atom stereocenters. The van der Waals surface area contributed by atoms with Gasteiger partial charge in [0.25, 0.3) is 0 Å². The second-order valence-corrected chi connectivity index (χ2v) is 5.74. The Morgan fingerprint density at radius 1 is 1.11 bits per heavy atom. The SMILES string of the molecule is CC(N[C@H](C)C1CCCCC1)c1cc(F)ccc1F. The highest BCUT2D eigenvalue weighted by Gasteiger charge is 2.22. The first-order valence-corrected chi connectivity index (χ1v) is 7.29. The molecule has 1 aromatic carbocycles. The Kier molecular flexibility index (Phi) is 4.92. The maximum absolute atomic E-state index is 13.7. The zero-order valence-electron chi connectivity index (χ0n) is 11.8. The summed E-state index contributed by atoms with van der Waals surface area (Å²) in [6.07, 6.45) is 6.40. The van der Waals surface area contributed by atoms with Gasteiger partial charge in [-0.05, 0) is 50.8 Å². The minimum absolute atomic E-state index is 0.160. The molecule has 3 heteroatoms. The van der Waals surface area contributed by atoms with E-state index in [-0.39, 0.29) is 17.7 Å². The molecule has 1 N–H and O–H groups in total. The Hall–Kier alpha value is -0.960. The van der Waals surface area contributed by atoms with Crippen molar-refractivity contribution in [1.29, 1.82) is 0 Å². The molecule has 19 heavy (non-hydrogen) atoms. The molecule has 1 aliphatic carbocycles. The van der Waals surface area contributed by atoms with E-state index in [1.807, 2.05) is 6.92 Å². The van der Waals surface area contributed by atoms with Gasteiger partial charge >= 0.3 is 0 Å². The van der Waals surface area contributed by atoms with Crippen molar-refractivity contribution in [2.75, 3.05) is 0 Å². The van der Waals surface area contributed by atoms with Crippen molar-refractivity contribution < 1.29 is 8.78 Å². The third-order valence-electron chi connectivity index (χ3n) is 4.29. The van der Waals surface area contributed by atoms with Gasteiger partial charge in [0.2, 0.25) is 0 Å². The van der Waals surface area contributed by atoms with Gasteiger partial charge in [0.05, 0.1) is 0 Å². The Labute approximate surface area is 114 Å². The van der Waals surface area contributed by atoms with Crippen molar-refractivity contribution >= 4 is 0 Å². The van der Waals surface area contributed by atoms with Gasteiger partial charge in [-0.1, -0.05) is 19.3 Å². The lowest BCUT2D eigenvalue weighted by Gasteiger charge is -2.31. The van der Waals surface area contributed by atoms with E-state index in [0.717, 1.165) is 6.07 Å². The summed E-state index contributed by atoms with van der Waals surface area (Å²) in [7, 11) is 0. The maximum atomic E-state index is 13.7. The molecule has 1 aliphatic rings. The summed E-state index contributed by atoms with van der Waals surface area (Å²) in [6.45, 7) is 4.06. The van der Waals surface area contributed by atoms with Crippen LogP contribution < -0.4 is 5.32 Å². The van der Waals surface area contributed by atoms with Crippen molar-refractivity contribution in [3.05, 3.63) is 35.4 Å². The molecule has 1 saturated carbocycles. The third kappa shape index (κ3) is 3.75. The average molecular weight is 267 g/mol. The quantitative estimate of drug-likeness (QED) is 0.841.